The SMILES string of the molecule is Cl.NC(=O)C1CCC(Nc2nc(N)c3ccccc3n2)CC1. The standard InChI is InChI=1S/C15H19N5O.ClH/c16-13-11-3-1-2-4-12(11)19-15(20-13)18-10-7-5-9(6-8-10)14(17)21;/h1-4,9-10H,5-8H2,(H2,17,21)(H3,16,18,19,20);1H. The molecule has 1 aliphatic rings. The molecule has 0 bridgehead atoms. The predicted molar refractivity (Wildman–Crippen MR) is 89.8 cm³/mol. The third-order valence-corrected chi connectivity index (χ3v) is 4.10. The Labute approximate surface area is 135 Å². The zero-order valence-electron chi connectivity index (χ0n) is 12.2. The second-order valence-electron chi connectivity index (χ2n) is 5.54. The second-order valence-corrected chi connectivity index (χ2v) is 5.54. The molecule has 1 aromatic carbocycles. The van der Waals surface area contributed by atoms with Gasteiger partial charge < -0.3 is 16.8 Å². The molecule has 1 amide bonds. The highest BCUT2D eigenvalue weighted by atomic mass is 35.5. The molecule has 1 aliphatic carbocycles. The summed E-state index contributed by atoms with van der Waals surface area (Å²) in [6, 6.07) is 7.94. The number of nitrogens with one attached hydrogen (secondary N) is 1. The quantitative estimate of drug-likeness (QED) is 0.802. The minimum atomic E-state index is -0.195. The van der Waals surface area contributed by atoms with Gasteiger partial charge in [-0.2, -0.15) is 4.98 Å². The summed E-state index contributed by atoms with van der Waals surface area (Å²) < 4.78 is 0. The number of nitrogens with zero attached hydrogens (tertiary/aromatic N) is 2. The molecule has 3 rings (SSSR count). The van der Waals surface area contributed by atoms with Crippen molar-refractivity contribution in [2.75, 3.05) is 11.1 Å². The van der Waals surface area contributed by atoms with Crippen LogP contribution in [0.2, 0.25) is 0 Å². The van der Waals surface area contributed by atoms with Crippen molar-refractivity contribution in [3.63, 3.8) is 0 Å². The van der Waals surface area contributed by atoms with Crippen molar-refractivity contribution in [3.8, 4) is 0 Å². The number of aromatic nitrogens is 2. The van der Waals surface area contributed by atoms with E-state index in [9.17, 15) is 4.79 Å². The fraction of sp³-hybridized carbons (Fsp3) is 0.400. The largest absolute Gasteiger partial charge is 0.383 e. The Morgan fingerprint density at radius 2 is 1.82 bits per heavy atom. The fourth-order valence-corrected chi connectivity index (χ4v) is 2.87. The Morgan fingerprint density at radius 3 is 2.50 bits per heavy atom. The zero-order chi connectivity index (χ0) is 14.8. The van der Waals surface area contributed by atoms with E-state index in [1.807, 2.05) is 24.3 Å². The molecular formula is C15H20ClN5O. The number of benzene rings is 1. The van der Waals surface area contributed by atoms with Crippen molar-refractivity contribution in [3.05, 3.63) is 24.3 Å². The molecule has 0 aliphatic heterocycles. The number of para-hydroxylation sites is 1. The van der Waals surface area contributed by atoms with Crippen molar-refractivity contribution >= 4 is 41.0 Å². The number of carbonyl (C=O) groups is 1. The molecule has 22 heavy (non-hydrogen) atoms. The lowest BCUT2D eigenvalue weighted by molar-refractivity contribution is -0.122. The van der Waals surface area contributed by atoms with Gasteiger partial charge in [0.2, 0.25) is 11.9 Å². The molecule has 0 atom stereocenters. The lowest BCUT2D eigenvalue weighted by atomic mass is 9.86. The number of fused-ring (bicyclic) bond motifs is 1. The van der Waals surface area contributed by atoms with Crippen molar-refractivity contribution in [2.24, 2.45) is 11.7 Å². The van der Waals surface area contributed by atoms with Gasteiger partial charge in [-0.3, -0.25) is 4.79 Å². The molecule has 2 aromatic rings. The zero-order valence-corrected chi connectivity index (χ0v) is 13.0. The number of anilines is 2. The highest BCUT2D eigenvalue weighted by Crippen LogP contribution is 2.26. The molecule has 6 nitrogen and oxygen atoms in total. The molecule has 0 unspecified atom stereocenters. The van der Waals surface area contributed by atoms with Crippen LogP contribution in [0.4, 0.5) is 11.8 Å². The number of rotatable bonds is 3. The minimum Gasteiger partial charge on any atom is -0.383 e. The lowest BCUT2D eigenvalue weighted by Gasteiger charge is -2.27. The van der Waals surface area contributed by atoms with Crippen LogP contribution in [0.5, 0.6) is 0 Å². The van der Waals surface area contributed by atoms with Crippen LogP contribution in [-0.2, 0) is 4.79 Å². The van der Waals surface area contributed by atoms with Gasteiger partial charge in [0.25, 0.3) is 0 Å². The monoisotopic (exact) mass is 321 g/mol. The number of carbonyl (C=O) groups excluding carboxylic acids is 1. The number of nitrogen functional groups attached to an aromatic ring is 1. The van der Waals surface area contributed by atoms with Gasteiger partial charge in [0.1, 0.15) is 5.82 Å². The smallest absolute Gasteiger partial charge is 0.225 e. The number of amides is 1. The Kier molecular flexibility index (Phi) is 5.03. The molecule has 5 N–H and O–H groups in total. The number of hydrogen-bond acceptors (Lipinski definition) is 5. The van der Waals surface area contributed by atoms with E-state index >= 15 is 0 Å². The summed E-state index contributed by atoms with van der Waals surface area (Å²) in [6.07, 6.45) is 3.42. The van der Waals surface area contributed by atoms with Gasteiger partial charge in [0, 0.05) is 17.3 Å². The Bertz CT molecular complexity index is 670. The van der Waals surface area contributed by atoms with Crippen molar-refractivity contribution in [2.45, 2.75) is 31.7 Å². The first-order valence-corrected chi connectivity index (χ1v) is 7.21. The summed E-state index contributed by atoms with van der Waals surface area (Å²) in [5.41, 5.74) is 12.2. The molecule has 1 fully saturated rings. The van der Waals surface area contributed by atoms with Crippen LogP contribution in [0.25, 0.3) is 10.9 Å². The molecule has 0 radical (unpaired) electrons. The number of primary amides is 1. The summed E-state index contributed by atoms with van der Waals surface area (Å²) in [4.78, 5) is 20.0. The van der Waals surface area contributed by atoms with E-state index in [1.54, 1.807) is 0 Å². The maximum Gasteiger partial charge on any atom is 0.225 e. The van der Waals surface area contributed by atoms with Crippen molar-refractivity contribution in [1.82, 2.24) is 9.97 Å². The molecule has 118 valence electrons. The van der Waals surface area contributed by atoms with Crippen LogP contribution in [0, 0.1) is 5.92 Å². The van der Waals surface area contributed by atoms with E-state index in [0.29, 0.717) is 11.8 Å². The van der Waals surface area contributed by atoms with E-state index in [2.05, 4.69) is 15.3 Å². The van der Waals surface area contributed by atoms with Gasteiger partial charge in [-0.1, -0.05) is 12.1 Å². The van der Waals surface area contributed by atoms with Gasteiger partial charge in [0.05, 0.1) is 5.52 Å². The Morgan fingerprint density at radius 1 is 1.14 bits per heavy atom. The highest BCUT2D eigenvalue weighted by molar-refractivity contribution is 5.88. The molecule has 1 saturated carbocycles. The highest BCUT2D eigenvalue weighted by Gasteiger charge is 2.25. The fourth-order valence-electron chi connectivity index (χ4n) is 2.87. The van der Waals surface area contributed by atoms with Crippen molar-refractivity contribution in [1.29, 1.82) is 0 Å². The normalized spacial score (nSPS) is 21.1. The van der Waals surface area contributed by atoms with Gasteiger partial charge >= 0.3 is 0 Å². The topological polar surface area (TPSA) is 107 Å². The second kappa shape index (κ2) is 6.79. The first kappa shape index (κ1) is 16.3. The van der Waals surface area contributed by atoms with E-state index in [0.717, 1.165) is 36.6 Å². The van der Waals surface area contributed by atoms with E-state index < -0.39 is 0 Å². The number of nitrogens with two attached hydrogens (primary N) is 2. The summed E-state index contributed by atoms with van der Waals surface area (Å²) >= 11 is 0. The third kappa shape index (κ3) is 3.39. The van der Waals surface area contributed by atoms with Crippen LogP contribution < -0.4 is 16.8 Å². The van der Waals surface area contributed by atoms with Crippen LogP contribution in [0.15, 0.2) is 24.3 Å². The predicted octanol–water partition coefficient (Wildman–Crippen LogP) is 2.09. The Hall–Kier alpha value is -2.08. The van der Waals surface area contributed by atoms with E-state index in [4.69, 9.17) is 11.5 Å². The van der Waals surface area contributed by atoms with Gasteiger partial charge in [0.15, 0.2) is 0 Å². The minimum absolute atomic E-state index is 0. The maximum atomic E-state index is 11.2. The Balaban J connectivity index is 0.00000176. The van der Waals surface area contributed by atoms with Crippen molar-refractivity contribution < 1.29 is 4.79 Å². The van der Waals surface area contributed by atoms with Crippen LogP contribution >= 0.6 is 12.4 Å². The van der Waals surface area contributed by atoms with Gasteiger partial charge in [-0.15, -0.1) is 12.4 Å². The van der Waals surface area contributed by atoms with Gasteiger partial charge in [-0.05, 0) is 37.8 Å². The molecule has 1 aromatic heterocycles. The first-order valence-electron chi connectivity index (χ1n) is 7.21. The van der Waals surface area contributed by atoms with Crippen LogP contribution in [0.1, 0.15) is 25.7 Å². The average Bonchev–Trinajstić information content (AvgIpc) is 2.48. The van der Waals surface area contributed by atoms with E-state index in [1.165, 1.54) is 0 Å². The third-order valence-electron chi connectivity index (χ3n) is 4.10. The average molecular weight is 322 g/mol. The molecular weight excluding hydrogens is 302 g/mol. The van der Waals surface area contributed by atoms with Crippen LogP contribution in [-0.4, -0.2) is 21.9 Å². The number of halogens is 1. The maximum absolute atomic E-state index is 11.2. The molecule has 7 heteroatoms. The molecule has 0 spiro atoms. The summed E-state index contributed by atoms with van der Waals surface area (Å²) in [7, 11) is 0. The summed E-state index contributed by atoms with van der Waals surface area (Å²) in [6.45, 7) is 0. The molecule has 0 saturated heterocycles. The summed E-state index contributed by atoms with van der Waals surface area (Å²) in [5.74, 6) is 0.841. The van der Waals surface area contributed by atoms with Crippen LogP contribution in [0.3, 0.4) is 0 Å². The molecule has 1 heterocycles. The van der Waals surface area contributed by atoms with E-state index in [-0.39, 0.29) is 30.3 Å². The summed E-state index contributed by atoms with van der Waals surface area (Å²) in [5, 5.41) is 4.18. The number of hydrogen-bond donors (Lipinski definition) is 3. The lowest BCUT2D eigenvalue weighted by Crippen LogP contribution is -2.32. The first-order chi connectivity index (χ1) is 10.1. The van der Waals surface area contributed by atoms with Gasteiger partial charge in [-0.25, -0.2) is 4.98 Å².